The number of amides is 1. The third kappa shape index (κ3) is 5.12. The highest BCUT2D eigenvalue weighted by atomic mass is 79.9. The second-order valence-electron chi connectivity index (χ2n) is 4.72. The monoisotopic (exact) mass is 427 g/mol. The number of nitrogens with one attached hydrogen (secondary N) is 1. The Morgan fingerprint density at radius 1 is 1.00 bits per heavy atom. The first-order chi connectivity index (χ1) is 11.5. The van der Waals surface area contributed by atoms with Crippen molar-refractivity contribution < 1.29 is 35.9 Å². The number of benzene rings is 2. The topological polar surface area (TPSA) is 38.3 Å². The molecule has 0 aliphatic carbocycles. The predicted molar refractivity (Wildman–Crippen MR) is 80.3 cm³/mol. The molecule has 3 nitrogen and oxygen atoms in total. The summed E-state index contributed by atoms with van der Waals surface area (Å²) in [5.41, 5.74) is -1.98. The Labute approximate surface area is 145 Å². The first kappa shape index (κ1) is 19.1. The zero-order valence-corrected chi connectivity index (χ0v) is 13.6. The third-order valence-corrected chi connectivity index (χ3v) is 3.33. The van der Waals surface area contributed by atoms with Gasteiger partial charge in [-0.15, -0.1) is 0 Å². The van der Waals surface area contributed by atoms with E-state index in [0.29, 0.717) is 16.6 Å². The van der Waals surface area contributed by atoms with Crippen molar-refractivity contribution in [2.24, 2.45) is 0 Å². The van der Waals surface area contributed by atoms with Crippen LogP contribution in [0.5, 0.6) is 11.5 Å². The SMILES string of the molecule is O=C(Nc1cc(C(F)(F)F)ccc1Oc1cccc(Br)c1)C(F)(F)F. The van der Waals surface area contributed by atoms with E-state index >= 15 is 0 Å². The fourth-order valence-electron chi connectivity index (χ4n) is 1.74. The minimum absolute atomic E-state index is 0.150. The highest BCUT2D eigenvalue weighted by Gasteiger charge is 2.39. The van der Waals surface area contributed by atoms with E-state index in [4.69, 9.17) is 4.74 Å². The summed E-state index contributed by atoms with van der Waals surface area (Å²) in [4.78, 5) is 11.1. The number of anilines is 1. The Bertz CT molecular complexity index is 788. The molecule has 0 spiro atoms. The van der Waals surface area contributed by atoms with Gasteiger partial charge in [0.15, 0.2) is 5.75 Å². The molecular weight excluding hydrogens is 420 g/mol. The Balaban J connectivity index is 2.42. The predicted octanol–water partition coefficient (Wildman–Crippen LogP) is 5.76. The highest BCUT2D eigenvalue weighted by Crippen LogP contribution is 2.37. The van der Waals surface area contributed by atoms with Crippen LogP contribution in [0.25, 0.3) is 0 Å². The Morgan fingerprint density at radius 3 is 2.24 bits per heavy atom. The van der Waals surface area contributed by atoms with Gasteiger partial charge < -0.3 is 10.1 Å². The van der Waals surface area contributed by atoms with Gasteiger partial charge in [-0.1, -0.05) is 22.0 Å². The highest BCUT2D eigenvalue weighted by molar-refractivity contribution is 9.10. The lowest BCUT2D eigenvalue weighted by molar-refractivity contribution is -0.167. The first-order valence-corrected chi connectivity index (χ1v) is 7.29. The van der Waals surface area contributed by atoms with Crippen molar-refractivity contribution >= 4 is 27.5 Å². The molecule has 0 atom stereocenters. The van der Waals surface area contributed by atoms with Crippen LogP contribution in [0.3, 0.4) is 0 Å². The van der Waals surface area contributed by atoms with E-state index in [1.165, 1.54) is 17.4 Å². The molecule has 0 aliphatic rings. The molecule has 1 N–H and O–H groups in total. The van der Waals surface area contributed by atoms with E-state index in [-0.39, 0.29) is 11.5 Å². The van der Waals surface area contributed by atoms with Crippen LogP contribution in [0.2, 0.25) is 0 Å². The second kappa shape index (κ2) is 6.95. The number of hydrogen-bond acceptors (Lipinski definition) is 2. The number of alkyl halides is 6. The van der Waals surface area contributed by atoms with E-state index in [1.807, 2.05) is 0 Å². The van der Waals surface area contributed by atoms with Gasteiger partial charge in [0, 0.05) is 4.47 Å². The summed E-state index contributed by atoms with van der Waals surface area (Å²) in [6.07, 6.45) is -10.1. The number of hydrogen-bond donors (Lipinski definition) is 1. The van der Waals surface area contributed by atoms with E-state index < -0.39 is 29.5 Å². The van der Waals surface area contributed by atoms with Crippen LogP contribution in [0.15, 0.2) is 46.9 Å². The summed E-state index contributed by atoms with van der Waals surface area (Å²) in [7, 11) is 0. The second-order valence-corrected chi connectivity index (χ2v) is 5.64. The molecule has 134 valence electrons. The number of carbonyl (C=O) groups is 1. The van der Waals surface area contributed by atoms with Gasteiger partial charge in [-0.25, -0.2) is 0 Å². The van der Waals surface area contributed by atoms with Crippen LogP contribution in [-0.2, 0) is 11.0 Å². The fraction of sp³-hybridized carbons (Fsp3) is 0.133. The number of halogens is 7. The molecule has 10 heteroatoms. The van der Waals surface area contributed by atoms with Crippen LogP contribution in [0.4, 0.5) is 32.0 Å². The molecule has 25 heavy (non-hydrogen) atoms. The molecule has 0 heterocycles. The van der Waals surface area contributed by atoms with Crippen molar-refractivity contribution in [2.45, 2.75) is 12.4 Å². The molecule has 2 aromatic carbocycles. The van der Waals surface area contributed by atoms with Gasteiger partial charge in [0.05, 0.1) is 11.3 Å². The molecule has 0 aromatic heterocycles. The van der Waals surface area contributed by atoms with Crippen molar-refractivity contribution in [3.63, 3.8) is 0 Å². The molecule has 2 aromatic rings. The van der Waals surface area contributed by atoms with Gasteiger partial charge in [-0.2, -0.15) is 26.3 Å². The van der Waals surface area contributed by atoms with Gasteiger partial charge in [0.25, 0.3) is 0 Å². The Hall–Kier alpha value is -2.23. The summed E-state index contributed by atoms with van der Waals surface area (Å²) in [5.74, 6) is -2.63. The molecule has 1 amide bonds. The Kier molecular flexibility index (Phi) is 5.31. The number of rotatable bonds is 3. The minimum atomic E-state index is -5.26. The summed E-state index contributed by atoms with van der Waals surface area (Å²) in [6, 6.07) is 7.93. The molecular formula is C15H8BrF6NO2. The smallest absolute Gasteiger partial charge is 0.455 e. The Morgan fingerprint density at radius 2 is 1.68 bits per heavy atom. The maximum Gasteiger partial charge on any atom is 0.471 e. The lowest BCUT2D eigenvalue weighted by Crippen LogP contribution is -2.30. The van der Waals surface area contributed by atoms with Gasteiger partial charge in [-0.05, 0) is 36.4 Å². The molecule has 0 bridgehead atoms. The molecule has 0 aliphatic heterocycles. The van der Waals surface area contributed by atoms with Crippen LogP contribution in [-0.4, -0.2) is 12.1 Å². The summed E-state index contributed by atoms with van der Waals surface area (Å²) in [6.45, 7) is 0. The van der Waals surface area contributed by atoms with Crippen LogP contribution < -0.4 is 10.1 Å². The van der Waals surface area contributed by atoms with Gasteiger partial charge in [0.2, 0.25) is 0 Å². The minimum Gasteiger partial charge on any atom is -0.455 e. The van der Waals surface area contributed by atoms with Crippen molar-refractivity contribution in [1.82, 2.24) is 0 Å². The van der Waals surface area contributed by atoms with Gasteiger partial charge in [-0.3, -0.25) is 4.79 Å². The third-order valence-electron chi connectivity index (χ3n) is 2.84. The number of carbonyl (C=O) groups excluding carboxylic acids is 1. The molecule has 0 fully saturated rings. The van der Waals surface area contributed by atoms with Crippen LogP contribution in [0.1, 0.15) is 5.56 Å². The first-order valence-electron chi connectivity index (χ1n) is 6.49. The fourth-order valence-corrected chi connectivity index (χ4v) is 2.12. The van der Waals surface area contributed by atoms with Crippen molar-refractivity contribution in [3.8, 4) is 11.5 Å². The molecule has 0 unspecified atom stereocenters. The van der Waals surface area contributed by atoms with Crippen LogP contribution >= 0.6 is 15.9 Å². The molecule has 0 saturated heterocycles. The average Bonchev–Trinajstić information content (AvgIpc) is 2.47. The zero-order valence-electron chi connectivity index (χ0n) is 12.0. The van der Waals surface area contributed by atoms with Crippen molar-refractivity contribution in [2.75, 3.05) is 5.32 Å². The van der Waals surface area contributed by atoms with Gasteiger partial charge in [0.1, 0.15) is 5.75 Å². The van der Waals surface area contributed by atoms with Crippen molar-refractivity contribution in [3.05, 3.63) is 52.5 Å². The largest absolute Gasteiger partial charge is 0.471 e. The van der Waals surface area contributed by atoms with E-state index in [1.54, 1.807) is 12.1 Å². The lowest BCUT2D eigenvalue weighted by Gasteiger charge is -2.16. The quantitative estimate of drug-likeness (QED) is 0.632. The normalized spacial score (nSPS) is 12.0. The summed E-state index contributed by atoms with van der Waals surface area (Å²) < 4.78 is 81.4. The van der Waals surface area contributed by atoms with E-state index in [2.05, 4.69) is 15.9 Å². The summed E-state index contributed by atoms with van der Waals surface area (Å²) in [5, 5.41) is 1.40. The number of ether oxygens (including phenoxy) is 1. The van der Waals surface area contributed by atoms with Gasteiger partial charge >= 0.3 is 18.3 Å². The maximum atomic E-state index is 12.8. The maximum absolute atomic E-state index is 12.8. The summed E-state index contributed by atoms with van der Waals surface area (Å²) >= 11 is 3.15. The molecule has 0 radical (unpaired) electrons. The van der Waals surface area contributed by atoms with Crippen molar-refractivity contribution in [1.29, 1.82) is 0 Å². The molecule has 2 rings (SSSR count). The average molecular weight is 428 g/mol. The standard InChI is InChI=1S/C15H8BrF6NO2/c16-9-2-1-3-10(7-9)25-12-5-4-8(14(17,18)19)6-11(12)23-13(24)15(20,21)22/h1-7H,(H,23,24). The van der Waals surface area contributed by atoms with E-state index in [0.717, 1.165) is 6.07 Å². The van der Waals surface area contributed by atoms with Crippen LogP contribution in [0, 0.1) is 0 Å². The molecule has 0 saturated carbocycles. The lowest BCUT2D eigenvalue weighted by atomic mass is 10.1. The zero-order chi connectivity index (χ0) is 18.8. The van der Waals surface area contributed by atoms with E-state index in [9.17, 15) is 31.1 Å².